The van der Waals surface area contributed by atoms with E-state index in [-0.39, 0.29) is 0 Å². The lowest BCUT2D eigenvalue weighted by molar-refractivity contribution is 0.102. The van der Waals surface area contributed by atoms with E-state index in [1.54, 1.807) is 0 Å². The Hall–Kier alpha value is -4.40. The molecule has 0 spiro atoms. The number of hydroxylamine groups is 2. The second-order valence-electron chi connectivity index (χ2n) is 17.0. The molecule has 8 bridgehead atoms. The van der Waals surface area contributed by atoms with Crippen LogP contribution in [0.2, 0.25) is 0 Å². The summed E-state index contributed by atoms with van der Waals surface area (Å²) in [4.78, 5) is 0. The Bertz CT molecular complexity index is 1690. The molecule has 0 saturated carbocycles. The summed E-state index contributed by atoms with van der Waals surface area (Å²) in [5.41, 5.74) is 7.59. The summed E-state index contributed by atoms with van der Waals surface area (Å²) in [6.45, 7) is 22.2. The summed E-state index contributed by atoms with van der Waals surface area (Å²) in [5.74, 6) is 3.22. The van der Waals surface area contributed by atoms with Crippen molar-refractivity contribution in [2.75, 3.05) is 36.6 Å². The summed E-state index contributed by atoms with van der Waals surface area (Å²) >= 11 is 0. The van der Waals surface area contributed by atoms with E-state index in [1.807, 2.05) is 65.8 Å². The van der Waals surface area contributed by atoms with Crippen molar-refractivity contribution in [2.24, 2.45) is 0 Å². The SMILES string of the molecule is CCCOc1c2cccc1Cc1cc(N([O])C(C)(C)C)cc(c1OCCC)Cc1cccc(c1OCCC)Cc1cc(N([O])C(C)(C)C)cc(c1OCCC)C2. The molecule has 0 aromatic heterocycles. The van der Waals surface area contributed by atoms with Crippen molar-refractivity contribution in [3.63, 3.8) is 0 Å². The Morgan fingerprint density at radius 2 is 0.661 bits per heavy atom. The van der Waals surface area contributed by atoms with Crippen LogP contribution in [0, 0.1) is 0 Å². The number of rotatable bonds is 14. The predicted octanol–water partition coefficient (Wildman–Crippen LogP) is 11.4. The number of ether oxygens (including phenoxy) is 4. The Morgan fingerprint density at radius 1 is 0.429 bits per heavy atom. The Balaban J connectivity index is 1.88. The van der Waals surface area contributed by atoms with Gasteiger partial charge < -0.3 is 18.9 Å². The lowest BCUT2D eigenvalue weighted by Gasteiger charge is -2.31. The molecular formula is C48H64N2O6. The number of nitrogens with zero attached hydrogens (tertiary/aromatic N) is 2. The molecule has 0 fully saturated rings. The largest absolute Gasteiger partial charge is 0.493 e. The highest BCUT2D eigenvalue weighted by Crippen LogP contribution is 2.42. The van der Waals surface area contributed by atoms with Crippen LogP contribution in [0.4, 0.5) is 11.4 Å². The van der Waals surface area contributed by atoms with Gasteiger partial charge in [0, 0.05) is 47.9 Å². The summed E-state index contributed by atoms with van der Waals surface area (Å²) < 4.78 is 26.6. The van der Waals surface area contributed by atoms with Gasteiger partial charge in [-0.25, -0.2) is 10.1 Å². The van der Waals surface area contributed by atoms with E-state index in [0.717, 1.165) is 103 Å². The van der Waals surface area contributed by atoms with E-state index in [1.165, 1.54) is 0 Å². The maximum absolute atomic E-state index is 14.0. The molecule has 0 saturated heterocycles. The normalized spacial score (nSPS) is 12.9. The van der Waals surface area contributed by atoms with Gasteiger partial charge >= 0.3 is 0 Å². The van der Waals surface area contributed by atoms with Gasteiger partial charge in [0.15, 0.2) is 0 Å². The van der Waals surface area contributed by atoms with Crippen LogP contribution in [-0.2, 0) is 36.1 Å². The topological polar surface area (TPSA) is 83.2 Å². The predicted molar refractivity (Wildman–Crippen MR) is 226 cm³/mol. The average molecular weight is 765 g/mol. The van der Waals surface area contributed by atoms with Crippen molar-refractivity contribution >= 4 is 11.4 Å². The fourth-order valence-electron chi connectivity index (χ4n) is 7.22. The molecular weight excluding hydrogens is 701 g/mol. The van der Waals surface area contributed by atoms with Gasteiger partial charge in [0.25, 0.3) is 0 Å². The van der Waals surface area contributed by atoms with Gasteiger partial charge in [-0.1, -0.05) is 74.5 Å². The zero-order valence-electron chi connectivity index (χ0n) is 35.6. The highest BCUT2D eigenvalue weighted by molar-refractivity contribution is 5.63. The lowest BCUT2D eigenvalue weighted by Crippen LogP contribution is -2.37. The first-order valence-corrected chi connectivity index (χ1v) is 20.7. The van der Waals surface area contributed by atoms with Crippen molar-refractivity contribution in [3.05, 3.63) is 105 Å². The van der Waals surface area contributed by atoms with Crippen LogP contribution in [0.15, 0.2) is 60.7 Å². The second-order valence-corrected chi connectivity index (χ2v) is 17.0. The molecule has 0 heterocycles. The Morgan fingerprint density at radius 3 is 0.875 bits per heavy atom. The zero-order valence-corrected chi connectivity index (χ0v) is 35.6. The quantitative estimate of drug-likeness (QED) is 0.105. The van der Waals surface area contributed by atoms with E-state index in [2.05, 4.69) is 64.1 Å². The molecule has 302 valence electrons. The summed E-state index contributed by atoms with van der Waals surface area (Å²) in [6, 6.07) is 20.6. The van der Waals surface area contributed by atoms with Gasteiger partial charge in [-0.05, 0) is 114 Å². The molecule has 0 N–H and O–H groups in total. The molecule has 0 amide bonds. The van der Waals surface area contributed by atoms with Gasteiger partial charge in [-0.2, -0.15) is 0 Å². The van der Waals surface area contributed by atoms with Crippen LogP contribution in [0.3, 0.4) is 0 Å². The molecule has 8 nitrogen and oxygen atoms in total. The first kappa shape index (κ1) is 42.7. The molecule has 8 heteroatoms. The number of para-hydroxylation sites is 2. The molecule has 1 aliphatic carbocycles. The third-order valence-electron chi connectivity index (χ3n) is 9.82. The monoisotopic (exact) mass is 764 g/mol. The molecule has 1 aliphatic rings. The number of anilines is 2. The highest BCUT2D eigenvalue weighted by Gasteiger charge is 2.29. The first-order chi connectivity index (χ1) is 26.7. The lowest BCUT2D eigenvalue weighted by atomic mass is 9.90. The highest BCUT2D eigenvalue weighted by atomic mass is 16.5. The van der Waals surface area contributed by atoms with E-state index >= 15 is 0 Å². The molecule has 56 heavy (non-hydrogen) atoms. The van der Waals surface area contributed by atoms with Crippen LogP contribution < -0.4 is 29.1 Å². The van der Waals surface area contributed by atoms with E-state index < -0.39 is 11.1 Å². The number of fused-ring (bicyclic) bond motifs is 8. The van der Waals surface area contributed by atoms with E-state index in [4.69, 9.17) is 18.9 Å². The van der Waals surface area contributed by atoms with Crippen LogP contribution in [-0.4, -0.2) is 37.5 Å². The third-order valence-corrected chi connectivity index (χ3v) is 9.82. The fraction of sp³-hybridized carbons (Fsp3) is 0.500. The van der Waals surface area contributed by atoms with Gasteiger partial charge in [-0.15, -0.1) is 0 Å². The van der Waals surface area contributed by atoms with Crippen LogP contribution in [0.1, 0.15) is 139 Å². The van der Waals surface area contributed by atoms with Crippen molar-refractivity contribution in [3.8, 4) is 23.0 Å². The summed E-state index contributed by atoms with van der Waals surface area (Å²) in [5, 5.41) is 30.2. The Kier molecular flexibility index (Phi) is 14.3. The average Bonchev–Trinajstić information content (AvgIpc) is 3.14. The minimum Gasteiger partial charge on any atom is -0.493 e. The number of benzene rings is 4. The summed E-state index contributed by atoms with van der Waals surface area (Å²) in [6.07, 6.45) is 5.34. The van der Waals surface area contributed by atoms with E-state index in [0.29, 0.717) is 63.5 Å². The first-order valence-electron chi connectivity index (χ1n) is 20.7. The standard InChI is InChI=1S/C48H64N2O6/c1-11-21-53-43-33-17-15-18-34(43)26-38-30-42(50(52)48(8,9)10)32-40(46(38)56-24-14-4)28-36-20-16-19-35(44(36)54-22-12-2)27-39-31-41(49(51)47(5,6)7)29-37(25-33)45(39)55-23-13-3/h15-20,29-32H,11-14,21-28H2,1-10H3. The third kappa shape index (κ3) is 10.1. The van der Waals surface area contributed by atoms with Crippen molar-refractivity contribution < 1.29 is 29.4 Å². The molecule has 0 unspecified atom stereocenters. The number of hydrogen-bond donors (Lipinski definition) is 0. The fourth-order valence-corrected chi connectivity index (χ4v) is 7.22. The maximum Gasteiger partial charge on any atom is 0.126 e. The molecule has 4 aromatic rings. The van der Waals surface area contributed by atoms with Gasteiger partial charge in [-0.3, -0.25) is 0 Å². The minimum absolute atomic E-state index is 0.493. The molecule has 2 radical (unpaired) electrons. The molecule has 0 aliphatic heterocycles. The van der Waals surface area contributed by atoms with Crippen LogP contribution in [0.5, 0.6) is 23.0 Å². The van der Waals surface area contributed by atoms with Gasteiger partial charge in [0.05, 0.1) is 48.9 Å². The second kappa shape index (κ2) is 18.7. The number of hydrogen-bond acceptors (Lipinski definition) is 6. The molecule has 5 rings (SSSR count). The zero-order chi connectivity index (χ0) is 40.6. The van der Waals surface area contributed by atoms with Crippen molar-refractivity contribution in [1.29, 1.82) is 0 Å². The van der Waals surface area contributed by atoms with Crippen LogP contribution in [0.25, 0.3) is 0 Å². The van der Waals surface area contributed by atoms with E-state index in [9.17, 15) is 10.4 Å². The van der Waals surface area contributed by atoms with Crippen molar-refractivity contribution in [2.45, 2.75) is 132 Å². The smallest absolute Gasteiger partial charge is 0.126 e. The summed E-state index contributed by atoms with van der Waals surface area (Å²) in [7, 11) is 0. The van der Waals surface area contributed by atoms with Gasteiger partial charge in [0.2, 0.25) is 0 Å². The maximum atomic E-state index is 14.0. The molecule has 0 atom stereocenters. The van der Waals surface area contributed by atoms with Gasteiger partial charge in [0.1, 0.15) is 23.0 Å². The van der Waals surface area contributed by atoms with Crippen molar-refractivity contribution in [1.82, 2.24) is 0 Å². The minimum atomic E-state index is -0.655. The molecule has 4 aromatic carbocycles. The Labute approximate surface area is 336 Å². The van der Waals surface area contributed by atoms with Crippen LogP contribution >= 0.6 is 0 Å².